The molecule has 0 bridgehead atoms. The molecule has 3 rings (SSSR count). The first-order valence-corrected chi connectivity index (χ1v) is 9.00. The monoisotopic (exact) mass is 295 g/mol. The average Bonchev–Trinajstić information content (AvgIpc) is 3.21. The van der Waals surface area contributed by atoms with E-state index in [0.29, 0.717) is 11.7 Å². The van der Waals surface area contributed by atoms with Gasteiger partial charge in [0.15, 0.2) is 9.84 Å². The summed E-state index contributed by atoms with van der Waals surface area (Å²) in [6, 6.07) is 8.48. The molecule has 2 fully saturated rings. The van der Waals surface area contributed by atoms with Crippen molar-refractivity contribution in [3.05, 3.63) is 29.8 Å². The lowest BCUT2D eigenvalue weighted by atomic mass is 10.0. The largest absolute Gasteiger partial charge is 0.497 e. The maximum atomic E-state index is 11.6. The van der Waals surface area contributed by atoms with Crippen molar-refractivity contribution in [3.63, 3.8) is 0 Å². The minimum atomic E-state index is -2.82. The molecule has 1 aliphatic heterocycles. The second kappa shape index (κ2) is 5.37. The topological polar surface area (TPSA) is 55.4 Å². The molecule has 1 N–H and O–H groups in total. The fourth-order valence-corrected chi connectivity index (χ4v) is 4.61. The summed E-state index contributed by atoms with van der Waals surface area (Å²) >= 11 is 0. The highest BCUT2D eigenvalue weighted by Gasteiger charge is 2.36. The molecular formula is C15H21NO3S. The van der Waals surface area contributed by atoms with Gasteiger partial charge >= 0.3 is 0 Å². The van der Waals surface area contributed by atoms with Crippen molar-refractivity contribution in [2.24, 2.45) is 5.92 Å². The second-order valence-electron chi connectivity index (χ2n) is 5.85. The van der Waals surface area contributed by atoms with Crippen LogP contribution in [0.4, 0.5) is 0 Å². The molecule has 1 aliphatic carbocycles. The molecule has 0 amide bonds. The van der Waals surface area contributed by atoms with Crippen LogP contribution in [0.3, 0.4) is 0 Å². The van der Waals surface area contributed by atoms with Crippen LogP contribution < -0.4 is 10.1 Å². The molecule has 20 heavy (non-hydrogen) atoms. The summed E-state index contributed by atoms with van der Waals surface area (Å²) in [4.78, 5) is 0. The van der Waals surface area contributed by atoms with Crippen molar-refractivity contribution in [2.45, 2.75) is 31.3 Å². The summed E-state index contributed by atoms with van der Waals surface area (Å²) < 4.78 is 28.3. The van der Waals surface area contributed by atoms with Crippen molar-refractivity contribution in [2.75, 3.05) is 18.6 Å². The van der Waals surface area contributed by atoms with E-state index in [-0.39, 0.29) is 17.8 Å². The quantitative estimate of drug-likeness (QED) is 0.902. The molecule has 1 saturated heterocycles. The predicted octanol–water partition coefficient (Wildman–Crippen LogP) is 1.92. The van der Waals surface area contributed by atoms with E-state index in [2.05, 4.69) is 17.4 Å². The number of rotatable bonds is 5. The first kappa shape index (κ1) is 13.9. The van der Waals surface area contributed by atoms with Gasteiger partial charge in [-0.1, -0.05) is 12.1 Å². The van der Waals surface area contributed by atoms with Crippen molar-refractivity contribution in [1.82, 2.24) is 5.32 Å². The highest BCUT2D eigenvalue weighted by atomic mass is 32.2. The third kappa shape index (κ3) is 3.15. The Bertz CT molecular complexity index is 563. The van der Waals surface area contributed by atoms with Gasteiger partial charge in [-0.25, -0.2) is 8.42 Å². The number of hydrogen-bond donors (Lipinski definition) is 1. The van der Waals surface area contributed by atoms with Crippen LogP contribution in [-0.4, -0.2) is 33.1 Å². The first-order chi connectivity index (χ1) is 9.57. The zero-order valence-electron chi connectivity index (χ0n) is 11.7. The SMILES string of the molecule is COc1ccc(C(NC2CCS(=O)(=O)C2)C2CC2)cc1. The van der Waals surface area contributed by atoms with Crippen LogP contribution in [0.5, 0.6) is 5.75 Å². The number of sulfone groups is 1. The maximum absolute atomic E-state index is 11.6. The summed E-state index contributed by atoms with van der Waals surface area (Å²) in [5.41, 5.74) is 1.23. The Hall–Kier alpha value is -1.07. The molecule has 1 heterocycles. The predicted molar refractivity (Wildman–Crippen MR) is 78.7 cm³/mol. The standard InChI is InChI=1S/C15H21NO3S/c1-19-14-6-4-12(5-7-14)15(11-2-3-11)16-13-8-9-20(17,18)10-13/h4-7,11,13,15-16H,2-3,8-10H2,1H3. The van der Waals surface area contributed by atoms with Gasteiger partial charge in [-0.15, -0.1) is 0 Å². The molecule has 1 aromatic rings. The van der Waals surface area contributed by atoms with Gasteiger partial charge in [-0.05, 0) is 42.9 Å². The van der Waals surface area contributed by atoms with Crippen molar-refractivity contribution in [1.29, 1.82) is 0 Å². The summed E-state index contributed by atoms with van der Waals surface area (Å²) in [6.45, 7) is 0. The van der Waals surface area contributed by atoms with E-state index < -0.39 is 9.84 Å². The minimum absolute atomic E-state index is 0.104. The summed E-state index contributed by atoms with van der Waals surface area (Å²) in [5, 5.41) is 3.57. The molecule has 1 saturated carbocycles. The van der Waals surface area contributed by atoms with Gasteiger partial charge in [0.2, 0.25) is 0 Å². The Labute approximate surface area is 120 Å². The van der Waals surface area contributed by atoms with Crippen molar-refractivity contribution in [3.8, 4) is 5.75 Å². The lowest BCUT2D eigenvalue weighted by Crippen LogP contribution is -2.34. The number of hydrogen-bond acceptors (Lipinski definition) is 4. The fourth-order valence-electron chi connectivity index (χ4n) is 2.93. The Kier molecular flexibility index (Phi) is 3.73. The van der Waals surface area contributed by atoms with Gasteiger partial charge in [-0.3, -0.25) is 0 Å². The van der Waals surface area contributed by atoms with Gasteiger partial charge < -0.3 is 10.1 Å². The number of benzene rings is 1. The summed E-state index contributed by atoms with van der Waals surface area (Å²) in [7, 11) is -1.16. The van der Waals surface area contributed by atoms with Crippen molar-refractivity contribution < 1.29 is 13.2 Å². The second-order valence-corrected chi connectivity index (χ2v) is 8.08. The molecule has 0 aromatic heterocycles. The maximum Gasteiger partial charge on any atom is 0.151 e. The molecule has 0 radical (unpaired) electrons. The van der Waals surface area contributed by atoms with E-state index in [0.717, 1.165) is 12.2 Å². The van der Waals surface area contributed by atoms with Gasteiger partial charge in [0.25, 0.3) is 0 Å². The molecule has 2 atom stereocenters. The van der Waals surface area contributed by atoms with E-state index in [1.165, 1.54) is 18.4 Å². The highest BCUT2D eigenvalue weighted by Crippen LogP contribution is 2.42. The lowest BCUT2D eigenvalue weighted by Gasteiger charge is -2.23. The Morgan fingerprint density at radius 1 is 1.20 bits per heavy atom. The van der Waals surface area contributed by atoms with Crippen LogP contribution >= 0.6 is 0 Å². The van der Waals surface area contributed by atoms with Gasteiger partial charge in [0.05, 0.1) is 18.6 Å². The van der Waals surface area contributed by atoms with Gasteiger partial charge in [0, 0.05) is 12.1 Å². The normalized spacial score (nSPS) is 26.4. The number of ether oxygens (including phenoxy) is 1. The van der Waals surface area contributed by atoms with E-state index in [1.807, 2.05) is 12.1 Å². The van der Waals surface area contributed by atoms with Crippen LogP contribution in [-0.2, 0) is 9.84 Å². The molecule has 0 spiro atoms. The van der Waals surface area contributed by atoms with Crippen LogP contribution in [0.25, 0.3) is 0 Å². The zero-order valence-corrected chi connectivity index (χ0v) is 12.5. The smallest absolute Gasteiger partial charge is 0.151 e. The van der Waals surface area contributed by atoms with Crippen molar-refractivity contribution >= 4 is 9.84 Å². The van der Waals surface area contributed by atoms with E-state index in [4.69, 9.17) is 4.74 Å². The van der Waals surface area contributed by atoms with Crippen LogP contribution in [0.15, 0.2) is 24.3 Å². The molecule has 2 unspecified atom stereocenters. The summed E-state index contributed by atoms with van der Waals surface area (Å²) in [5.74, 6) is 2.11. The van der Waals surface area contributed by atoms with E-state index in [9.17, 15) is 8.42 Å². The molecule has 1 aromatic carbocycles. The van der Waals surface area contributed by atoms with Crippen LogP contribution in [0.1, 0.15) is 30.9 Å². The van der Waals surface area contributed by atoms with E-state index in [1.54, 1.807) is 7.11 Å². The Balaban J connectivity index is 1.72. The Morgan fingerprint density at radius 3 is 2.40 bits per heavy atom. The number of nitrogens with one attached hydrogen (secondary N) is 1. The molecule has 2 aliphatic rings. The first-order valence-electron chi connectivity index (χ1n) is 7.18. The van der Waals surface area contributed by atoms with Crippen LogP contribution in [0, 0.1) is 5.92 Å². The molecule has 110 valence electrons. The van der Waals surface area contributed by atoms with Gasteiger partial charge in [-0.2, -0.15) is 0 Å². The zero-order chi connectivity index (χ0) is 14.2. The third-order valence-electron chi connectivity index (χ3n) is 4.22. The highest BCUT2D eigenvalue weighted by molar-refractivity contribution is 7.91. The Morgan fingerprint density at radius 2 is 1.90 bits per heavy atom. The summed E-state index contributed by atoms with van der Waals surface area (Å²) in [6.07, 6.45) is 3.19. The minimum Gasteiger partial charge on any atom is -0.497 e. The average molecular weight is 295 g/mol. The molecule has 4 nitrogen and oxygen atoms in total. The fraction of sp³-hybridized carbons (Fsp3) is 0.600. The van der Waals surface area contributed by atoms with Gasteiger partial charge in [0.1, 0.15) is 5.75 Å². The molecular weight excluding hydrogens is 274 g/mol. The van der Waals surface area contributed by atoms with Crippen LogP contribution in [0.2, 0.25) is 0 Å². The lowest BCUT2D eigenvalue weighted by molar-refractivity contribution is 0.410. The molecule has 5 heteroatoms. The number of methoxy groups -OCH3 is 1. The third-order valence-corrected chi connectivity index (χ3v) is 5.98. The van der Waals surface area contributed by atoms with E-state index >= 15 is 0 Å².